The van der Waals surface area contributed by atoms with Crippen molar-refractivity contribution in [2.24, 2.45) is 0 Å². The lowest BCUT2D eigenvalue weighted by Crippen LogP contribution is -2.52. The number of aryl methyl sites for hydroxylation is 3. The first-order chi connectivity index (χ1) is 18.3. The molecule has 0 heterocycles. The van der Waals surface area contributed by atoms with Gasteiger partial charge in [0.25, 0.3) is 5.91 Å². The number of amides is 3. The first-order valence-electron chi connectivity index (χ1n) is 13.2. The highest BCUT2D eigenvalue weighted by Gasteiger charge is 2.36. The Labute approximate surface area is 236 Å². The number of anilines is 1. The van der Waals surface area contributed by atoms with Gasteiger partial charge < -0.3 is 25.4 Å². The van der Waals surface area contributed by atoms with Crippen LogP contribution < -0.4 is 10.6 Å². The van der Waals surface area contributed by atoms with Gasteiger partial charge in [0, 0.05) is 12.2 Å². The van der Waals surface area contributed by atoms with E-state index in [-0.39, 0.29) is 24.1 Å². The number of thioether (sulfide) groups is 1. The molecule has 214 valence electrons. The van der Waals surface area contributed by atoms with Gasteiger partial charge in [-0.15, -0.1) is 0 Å². The lowest BCUT2D eigenvalue weighted by molar-refractivity contribution is -0.140. The van der Waals surface area contributed by atoms with Crippen molar-refractivity contribution in [3.8, 4) is 5.75 Å². The highest BCUT2D eigenvalue weighted by atomic mass is 32.2. The van der Waals surface area contributed by atoms with E-state index in [0.717, 1.165) is 11.1 Å². The average Bonchev–Trinajstić information content (AvgIpc) is 2.84. The molecule has 0 bridgehead atoms. The summed E-state index contributed by atoms with van der Waals surface area (Å²) < 4.78 is 5.43. The van der Waals surface area contributed by atoms with Crippen LogP contribution in [-0.2, 0) is 14.3 Å². The maximum atomic E-state index is 14.1. The predicted molar refractivity (Wildman–Crippen MR) is 158 cm³/mol. The fourth-order valence-electron chi connectivity index (χ4n) is 4.28. The number of nitrogens with one attached hydrogen (secondary N) is 2. The van der Waals surface area contributed by atoms with Crippen LogP contribution >= 0.6 is 11.8 Å². The standard InChI is InChI=1S/C30H43N3O5S/c1-9-16-33(28(36)23(15-17-39-8)31-29(37)38-30(5,6)7)26(22-13-14-24(34)21(4)18-22)27(35)32-25-19(2)11-10-12-20(25)3/h10-14,18,23,26,34H,9,15-17H2,1-8H3,(H,31,37)(H,32,35). The summed E-state index contributed by atoms with van der Waals surface area (Å²) in [5.74, 6) is -0.0150. The fraction of sp³-hybridized carbons (Fsp3) is 0.500. The van der Waals surface area contributed by atoms with E-state index in [9.17, 15) is 19.5 Å². The zero-order valence-electron chi connectivity index (χ0n) is 24.4. The molecule has 39 heavy (non-hydrogen) atoms. The van der Waals surface area contributed by atoms with Crippen LogP contribution in [0.4, 0.5) is 10.5 Å². The van der Waals surface area contributed by atoms with Crippen LogP contribution in [0.2, 0.25) is 0 Å². The normalized spacial score (nSPS) is 12.8. The number of hydrogen-bond donors (Lipinski definition) is 3. The second kappa shape index (κ2) is 14.3. The number of benzene rings is 2. The Morgan fingerprint density at radius 3 is 2.23 bits per heavy atom. The Kier molecular flexibility index (Phi) is 11.7. The summed E-state index contributed by atoms with van der Waals surface area (Å²) in [6.07, 6.45) is 2.21. The van der Waals surface area contributed by atoms with E-state index in [1.807, 2.05) is 45.2 Å². The Hall–Kier alpha value is -3.20. The molecule has 0 aliphatic carbocycles. The third kappa shape index (κ3) is 9.20. The summed E-state index contributed by atoms with van der Waals surface area (Å²) in [6, 6.07) is 8.79. The number of nitrogens with zero attached hydrogens (tertiary/aromatic N) is 1. The van der Waals surface area contributed by atoms with Crippen molar-refractivity contribution in [3.05, 3.63) is 58.7 Å². The lowest BCUT2D eigenvalue weighted by atomic mass is 9.99. The first kappa shape index (κ1) is 32.0. The molecular formula is C30H43N3O5S. The molecule has 0 fully saturated rings. The Morgan fingerprint density at radius 1 is 1.05 bits per heavy atom. The molecule has 8 nitrogen and oxygen atoms in total. The molecule has 3 N–H and O–H groups in total. The van der Waals surface area contributed by atoms with Crippen LogP contribution in [0, 0.1) is 20.8 Å². The quantitative estimate of drug-likeness (QED) is 0.318. The number of carbonyl (C=O) groups is 3. The highest BCUT2D eigenvalue weighted by molar-refractivity contribution is 7.98. The number of alkyl carbamates (subject to hydrolysis) is 1. The van der Waals surface area contributed by atoms with E-state index in [1.54, 1.807) is 51.6 Å². The number of phenols is 1. The monoisotopic (exact) mass is 557 g/mol. The van der Waals surface area contributed by atoms with Gasteiger partial charge >= 0.3 is 6.09 Å². The zero-order chi connectivity index (χ0) is 29.3. The summed E-state index contributed by atoms with van der Waals surface area (Å²) in [5.41, 5.74) is 2.93. The number of phenolic OH excluding ortho intramolecular Hbond substituents is 1. The van der Waals surface area contributed by atoms with Crippen molar-refractivity contribution < 1.29 is 24.2 Å². The minimum Gasteiger partial charge on any atom is -0.508 e. The second-order valence-corrected chi connectivity index (χ2v) is 11.7. The second-order valence-electron chi connectivity index (χ2n) is 10.7. The lowest BCUT2D eigenvalue weighted by Gasteiger charge is -2.34. The van der Waals surface area contributed by atoms with Crippen molar-refractivity contribution in [3.63, 3.8) is 0 Å². The first-order valence-corrected chi connectivity index (χ1v) is 14.6. The van der Waals surface area contributed by atoms with Gasteiger partial charge in [-0.25, -0.2) is 4.79 Å². The van der Waals surface area contributed by atoms with E-state index < -0.39 is 23.8 Å². The van der Waals surface area contributed by atoms with Gasteiger partial charge in [-0.3, -0.25) is 9.59 Å². The van der Waals surface area contributed by atoms with E-state index in [2.05, 4.69) is 10.6 Å². The molecule has 2 aromatic carbocycles. The van der Waals surface area contributed by atoms with Crippen molar-refractivity contribution in [2.75, 3.05) is 23.9 Å². The largest absolute Gasteiger partial charge is 0.508 e. The minimum atomic E-state index is -0.993. The van der Waals surface area contributed by atoms with Crippen LogP contribution in [0.15, 0.2) is 36.4 Å². The average molecular weight is 558 g/mol. The zero-order valence-corrected chi connectivity index (χ0v) is 25.2. The molecule has 0 aromatic heterocycles. The molecular weight excluding hydrogens is 514 g/mol. The van der Waals surface area contributed by atoms with Crippen LogP contribution in [0.25, 0.3) is 0 Å². The molecule has 9 heteroatoms. The van der Waals surface area contributed by atoms with Gasteiger partial charge in [0.1, 0.15) is 23.4 Å². The molecule has 0 saturated heterocycles. The van der Waals surface area contributed by atoms with Crippen LogP contribution in [0.3, 0.4) is 0 Å². The van der Waals surface area contributed by atoms with Crippen LogP contribution in [0.5, 0.6) is 5.75 Å². The molecule has 0 aliphatic rings. The number of para-hydroxylation sites is 1. The maximum Gasteiger partial charge on any atom is 0.408 e. The molecule has 3 amide bonds. The van der Waals surface area contributed by atoms with E-state index in [1.165, 1.54) is 11.0 Å². The summed E-state index contributed by atoms with van der Waals surface area (Å²) in [6.45, 7) is 13.1. The van der Waals surface area contributed by atoms with Gasteiger partial charge in [-0.05, 0) is 101 Å². The number of hydrogen-bond acceptors (Lipinski definition) is 6. The summed E-state index contributed by atoms with van der Waals surface area (Å²) in [4.78, 5) is 42.3. The SMILES string of the molecule is CCCN(C(=O)C(CCSC)NC(=O)OC(C)(C)C)C(C(=O)Nc1c(C)cccc1C)c1ccc(O)c(C)c1. The molecule has 0 saturated carbocycles. The topological polar surface area (TPSA) is 108 Å². The molecule has 2 unspecified atom stereocenters. The van der Waals surface area contributed by atoms with Crippen molar-refractivity contribution in [1.82, 2.24) is 10.2 Å². The van der Waals surface area contributed by atoms with E-state index >= 15 is 0 Å². The summed E-state index contributed by atoms with van der Waals surface area (Å²) in [7, 11) is 0. The third-order valence-electron chi connectivity index (χ3n) is 6.17. The number of aromatic hydroxyl groups is 1. The maximum absolute atomic E-state index is 14.1. The molecule has 2 rings (SSSR count). The number of rotatable bonds is 11. The van der Waals surface area contributed by atoms with Gasteiger partial charge in [0.15, 0.2) is 0 Å². The fourth-order valence-corrected chi connectivity index (χ4v) is 4.75. The highest BCUT2D eigenvalue weighted by Crippen LogP contribution is 2.30. The minimum absolute atomic E-state index is 0.102. The van der Waals surface area contributed by atoms with Crippen molar-refractivity contribution >= 4 is 35.4 Å². The van der Waals surface area contributed by atoms with Gasteiger partial charge in [0.05, 0.1) is 0 Å². The van der Waals surface area contributed by atoms with Crippen LogP contribution in [-0.4, -0.2) is 58.1 Å². The van der Waals surface area contributed by atoms with Gasteiger partial charge in [0.2, 0.25) is 5.91 Å². The Balaban J connectivity index is 2.56. The Bertz CT molecular complexity index is 1140. The number of ether oxygens (including phenoxy) is 1. The molecule has 0 aliphatic heterocycles. The Morgan fingerprint density at radius 2 is 1.69 bits per heavy atom. The summed E-state index contributed by atoms with van der Waals surface area (Å²) >= 11 is 1.56. The molecule has 2 aromatic rings. The van der Waals surface area contributed by atoms with Gasteiger partial charge in [-0.2, -0.15) is 11.8 Å². The molecule has 0 spiro atoms. The molecule has 2 atom stereocenters. The van der Waals surface area contributed by atoms with E-state index in [4.69, 9.17) is 4.74 Å². The van der Waals surface area contributed by atoms with Crippen molar-refractivity contribution in [1.29, 1.82) is 0 Å². The summed E-state index contributed by atoms with van der Waals surface area (Å²) in [5, 5.41) is 15.9. The van der Waals surface area contributed by atoms with Crippen molar-refractivity contribution in [2.45, 2.75) is 79.0 Å². The van der Waals surface area contributed by atoms with E-state index in [0.29, 0.717) is 35.4 Å². The van der Waals surface area contributed by atoms with Gasteiger partial charge in [-0.1, -0.05) is 31.2 Å². The molecule has 0 radical (unpaired) electrons. The number of carbonyl (C=O) groups excluding carboxylic acids is 3. The smallest absolute Gasteiger partial charge is 0.408 e. The third-order valence-corrected chi connectivity index (χ3v) is 6.82. The predicted octanol–water partition coefficient (Wildman–Crippen LogP) is 5.88. The van der Waals surface area contributed by atoms with Crippen LogP contribution in [0.1, 0.15) is 68.8 Å².